The fourth-order valence-electron chi connectivity index (χ4n) is 2.37. The van der Waals surface area contributed by atoms with Crippen molar-refractivity contribution in [3.63, 3.8) is 0 Å². The molecule has 26 heavy (non-hydrogen) atoms. The Morgan fingerprint density at radius 1 is 1.27 bits per heavy atom. The van der Waals surface area contributed by atoms with Gasteiger partial charge in [-0.15, -0.1) is 5.10 Å². The summed E-state index contributed by atoms with van der Waals surface area (Å²) < 4.78 is 1.37. The number of carbonyl (C=O) groups excluding carboxylic acids is 2. The summed E-state index contributed by atoms with van der Waals surface area (Å²) in [6.45, 7) is 2.90. The second-order valence-electron chi connectivity index (χ2n) is 5.75. The van der Waals surface area contributed by atoms with Crippen molar-refractivity contribution in [2.24, 2.45) is 0 Å². The molecule has 0 bridgehead atoms. The number of amides is 2. The van der Waals surface area contributed by atoms with Crippen molar-refractivity contribution in [2.45, 2.75) is 26.4 Å². The normalized spacial score (nSPS) is 11.6. The predicted molar refractivity (Wildman–Crippen MR) is 93.0 cm³/mol. The van der Waals surface area contributed by atoms with E-state index in [4.69, 9.17) is 0 Å². The maximum absolute atomic E-state index is 12.5. The molecular weight excluding hydrogens is 338 g/mol. The van der Waals surface area contributed by atoms with Crippen LogP contribution in [0.2, 0.25) is 0 Å². The number of rotatable bonds is 8. The average molecular weight is 359 g/mol. The molecule has 0 saturated carbocycles. The van der Waals surface area contributed by atoms with Gasteiger partial charge in [0.2, 0.25) is 11.8 Å². The molecule has 2 aromatic rings. The number of aliphatic carboxylic acids is 1. The average Bonchev–Trinajstić information content (AvgIpc) is 3.07. The molecule has 0 radical (unpaired) electrons. The van der Waals surface area contributed by atoms with Gasteiger partial charge in [0.1, 0.15) is 18.3 Å². The number of hydrogen-bond acceptors (Lipinski definition) is 5. The zero-order valence-corrected chi connectivity index (χ0v) is 14.6. The van der Waals surface area contributed by atoms with E-state index < -0.39 is 17.9 Å². The molecule has 2 N–H and O–H groups in total. The summed E-state index contributed by atoms with van der Waals surface area (Å²) in [6.07, 6.45) is 1.63. The van der Waals surface area contributed by atoms with Crippen molar-refractivity contribution in [1.29, 1.82) is 0 Å². The lowest BCUT2D eigenvalue weighted by Gasteiger charge is -2.26. The third-order valence-corrected chi connectivity index (χ3v) is 3.78. The highest BCUT2D eigenvalue weighted by Crippen LogP contribution is 2.15. The van der Waals surface area contributed by atoms with Gasteiger partial charge in [0.05, 0.1) is 6.20 Å². The van der Waals surface area contributed by atoms with Crippen molar-refractivity contribution >= 4 is 17.8 Å². The van der Waals surface area contributed by atoms with E-state index in [1.165, 1.54) is 23.4 Å². The van der Waals surface area contributed by atoms with Crippen molar-refractivity contribution in [1.82, 2.24) is 25.2 Å². The summed E-state index contributed by atoms with van der Waals surface area (Å²) in [4.78, 5) is 36.0. The number of nitrogens with one attached hydrogen (secondary N) is 1. The fraction of sp³-hybridized carbons (Fsp3) is 0.353. The fourth-order valence-corrected chi connectivity index (χ4v) is 2.37. The number of benzene rings is 1. The Kier molecular flexibility index (Phi) is 6.42. The first kappa shape index (κ1) is 19.1. The van der Waals surface area contributed by atoms with Gasteiger partial charge in [-0.25, -0.2) is 9.48 Å². The zero-order chi connectivity index (χ0) is 19.1. The van der Waals surface area contributed by atoms with E-state index in [0.29, 0.717) is 5.69 Å². The van der Waals surface area contributed by atoms with E-state index in [1.54, 1.807) is 6.20 Å². The van der Waals surface area contributed by atoms with Gasteiger partial charge in [-0.1, -0.05) is 35.5 Å². The lowest BCUT2D eigenvalue weighted by atomic mass is 10.2. The van der Waals surface area contributed by atoms with E-state index in [0.717, 1.165) is 5.56 Å². The highest BCUT2D eigenvalue weighted by molar-refractivity contribution is 5.83. The molecule has 0 saturated heterocycles. The van der Waals surface area contributed by atoms with Crippen molar-refractivity contribution in [3.05, 3.63) is 36.5 Å². The van der Waals surface area contributed by atoms with Gasteiger partial charge in [0, 0.05) is 25.6 Å². The highest BCUT2D eigenvalue weighted by atomic mass is 16.4. The maximum atomic E-state index is 12.5. The third-order valence-electron chi connectivity index (χ3n) is 3.78. The summed E-state index contributed by atoms with van der Waals surface area (Å²) in [7, 11) is 0. The summed E-state index contributed by atoms with van der Waals surface area (Å²) in [5, 5.41) is 19.7. The first-order valence-corrected chi connectivity index (χ1v) is 8.10. The minimum absolute atomic E-state index is 0.0894. The molecule has 2 rings (SSSR count). The van der Waals surface area contributed by atoms with Crippen molar-refractivity contribution in [2.75, 3.05) is 13.1 Å². The molecule has 0 fully saturated rings. The van der Waals surface area contributed by atoms with Crippen LogP contribution in [-0.4, -0.2) is 61.9 Å². The van der Waals surface area contributed by atoms with Crippen molar-refractivity contribution < 1.29 is 19.5 Å². The van der Waals surface area contributed by atoms with E-state index in [1.807, 2.05) is 30.3 Å². The van der Waals surface area contributed by atoms with Gasteiger partial charge >= 0.3 is 5.97 Å². The van der Waals surface area contributed by atoms with Crippen LogP contribution in [0.15, 0.2) is 36.5 Å². The molecule has 0 aliphatic carbocycles. The maximum Gasteiger partial charge on any atom is 0.326 e. The summed E-state index contributed by atoms with van der Waals surface area (Å²) in [6, 6.07) is 8.37. The second kappa shape index (κ2) is 8.75. The van der Waals surface area contributed by atoms with Gasteiger partial charge < -0.3 is 15.3 Å². The molecule has 0 aliphatic heterocycles. The Morgan fingerprint density at radius 3 is 2.58 bits per heavy atom. The van der Waals surface area contributed by atoms with Crippen molar-refractivity contribution in [3.8, 4) is 11.3 Å². The van der Waals surface area contributed by atoms with E-state index in [9.17, 15) is 19.5 Å². The minimum Gasteiger partial charge on any atom is -0.480 e. The summed E-state index contributed by atoms with van der Waals surface area (Å²) in [5.41, 5.74) is 1.49. The number of carboxylic acids is 1. The number of carboxylic acid groups (broad SMARTS) is 1. The molecule has 0 aliphatic rings. The largest absolute Gasteiger partial charge is 0.480 e. The first-order valence-electron chi connectivity index (χ1n) is 8.10. The number of nitrogens with zero attached hydrogens (tertiary/aromatic N) is 4. The lowest BCUT2D eigenvalue weighted by molar-refractivity contribution is -0.149. The van der Waals surface area contributed by atoms with Crippen LogP contribution in [0.5, 0.6) is 0 Å². The number of aromatic nitrogens is 3. The Bertz CT molecular complexity index is 774. The van der Waals surface area contributed by atoms with Crippen LogP contribution < -0.4 is 5.32 Å². The molecule has 1 aromatic heterocycles. The Balaban J connectivity index is 2.07. The van der Waals surface area contributed by atoms with Crippen LogP contribution in [-0.2, 0) is 20.9 Å². The van der Waals surface area contributed by atoms with Crippen LogP contribution in [0, 0.1) is 0 Å². The summed E-state index contributed by atoms with van der Waals surface area (Å²) in [5.74, 6) is -1.79. The molecule has 1 aromatic carbocycles. The molecule has 1 atom stereocenters. The van der Waals surface area contributed by atoms with Crippen LogP contribution in [0.25, 0.3) is 11.3 Å². The van der Waals surface area contributed by atoms with Crippen LogP contribution >= 0.6 is 0 Å². The van der Waals surface area contributed by atoms with Gasteiger partial charge in [-0.05, 0) is 6.92 Å². The predicted octanol–water partition coefficient (Wildman–Crippen LogP) is 0.383. The second-order valence-corrected chi connectivity index (χ2v) is 5.75. The zero-order valence-electron chi connectivity index (χ0n) is 14.6. The van der Waals surface area contributed by atoms with E-state index >= 15 is 0 Å². The smallest absolute Gasteiger partial charge is 0.326 e. The molecule has 9 heteroatoms. The molecular formula is C17H21N5O4. The van der Waals surface area contributed by atoms with Crippen LogP contribution in [0.1, 0.15) is 13.8 Å². The van der Waals surface area contributed by atoms with Gasteiger partial charge in [-0.3, -0.25) is 9.59 Å². The minimum atomic E-state index is -1.12. The standard InChI is InChI=1S/C17H21N5O4/c1-12(17(25)26)22(9-8-18-13(2)23)16(24)11-21-10-15(19-20-21)14-6-4-3-5-7-14/h3-7,10,12H,8-9,11H2,1-2H3,(H,18,23)(H,25,26). The highest BCUT2D eigenvalue weighted by Gasteiger charge is 2.25. The number of hydrogen-bond donors (Lipinski definition) is 2. The summed E-state index contributed by atoms with van der Waals surface area (Å²) >= 11 is 0. The molecule has 2 amide bonds. The van der Waals surface area contributed by atoms with Gasteiger partial charge in [0.15, 0.2) is 0 Å². The van der Waals surface area contributed by atoms with Gasteiger partial charge in [0.25, 0.3) is 0 Å². The van der Waals surface area contributed by atoms with Crippen LogP contribution in [0.4, 0.5) is 0 Å². The molecule has 1 heterocycles. The first-order chi connectivity index (χ1) is 12.4. The Hall–Kier alpha value is -3.23. The molecule has 0 spiro atoms. The molecule has 9 nitrogen and oxygen atoms in total. The monoisotopic (exact) mass is 359 g/mol. The lowest BCUT2D eigenvalue weighted by Crippen LogP contribution is -2.48. The Morgan fingerprint density at radius 2 is 1.96 bits per heavy atom. The SMILES string of the molecule is CC(=O)NCCN(C(=O)Cn1cc(-c2ccccc2)nn1)C(C)C(=O)O. The Labute approximate surface area is 150 Å². The quantitative estimate of drug-likeness (QED) is 0.704. The number of carbonyl (C=O) groups is 3. The van der Waals surface area contributed by atoms with Gasteiger partial charge in [-0.2, -0.15) is 0 Å². The topological polar surface area (TPSA) is 117 Å². The molecule has 138 valence electrons. The van der Waals surface area contributed by atoms with E-state index in [-0.39, 0.29) is 25.5 Å². The third kappa shape index (κ3) is 5.13. The molecule has 1 unspecified atom stereocenters. The van der Waals surface area contributed by atoms with Crippen LogP contribution in [0.3, 0.4) is 0 Å². The van der Waals surface area contributed by atoms with E-state index in [2.05, 4.69) is 15.6 Å².